The molecule has 5 aromatic rings. The Bertz CT molecular complexity index is 1320. The Labute approximate surface area is 173 Å². The molecule has 3 heterocycles. The minimum atomic E-state index is -0.570. The Morgan fingerprint density at radius 1 is 1.03 bits per heavy atom. The second-order valence-electron chi connectivity index (χ2n) is 5.99. The number of benzene rings is 2. The normalized spacial score (nSPS) is 11.0. The van der Waals surface area contributed by atoms with Crippen LogP contribution < -0.4 is 10.1 Å². The van der Waals surface area contributed by atoms with Crippen LogP contribution in [0.25, 0.3) is 15.9 Å². The van der Waals surface area contributed by atoms with E-state index in [1.807, 2.05) is 53.1 Å². The minimum absolute atomic E-state index is 0.477. The molecule has 9 heteroatoms. The van der Waals surface area contributed by atoms with Crippen molar-refractivity contribution in [3.63, 3.8) is 0 Å². The summed E-state index contributed by atoms with van der Waals surface area (Å²) in [7, 11) is 0. The van der Waals surface area contributed by atoms with Crippen LogP contribution in [0.2, 0.25) is 0 Å². The van der Waals surface area contributed by atoms with E-state index in [0.717, 1.165) is 25.9 Å². The lowest BCUT2D eigenvalue weighted by Crippen LogP contribution is -2.16. The summed E-state index contributed by atoms with van der Waals surface area (Å²) in [6.07, 6.45) is 1.36. The Morgan fingerprint density at radius 2 is 1.90 bits per heavy atom. The van der Waals surface area contributed by atoms with E-state index in [9.17, 15) is 4.79 Å². The van der Waals surface area contributed by atoms with Crippen LogP contribution in [0.5, 0.6) is 5.75 Å². The predicted octanol–water partition coefficient (Wildman–Crippen LogP) is 5.10. The first-order chi connectivity index (χ1) is 14.2. The van der Waals surface area contributed by atoms with Gasteiger partial charge in [0, 0.05) is 11.1 Å². The van der Waals surface area contributed by atoms with E-state index in [1.165, 1.54) is 23.1 Å². The molecule has 1 N–H and O–H groups in total. The Hall–Kier alpha value is -3.43. The van der Waals surface area contributed by atoms with Gasteiger partial charge < -0.3 is 4.74 Å². The Balaban J connectivity index is 1.34. The minimum Gasteiger partial charge on any atom is -0.410 e. The van der Waals surface area contributed by atoms with Gasteiger partial charge in [-0.05, 0) is 54.2 Å². The molecule has 0 aliphatic heterocycles. The number of hydrogen-bond donors (Lipinski definition) is 1. The number of carbonyl (C=O) groups excluding carboxylic acids is 1. The number of pyridine rings is 1. The Kier molecular flexibility index (Phi) is 4.59. The fourth-order valence-corrected chi connectivity index (χ4v) is 4.55. The highest BCUT2D eigenvalue weighted by Crippen LogP contribution is 2.33. The van der Waals surface area contributed by atoms with Gasteiger partial charge in [0.15, 0.2) is 15.9 Å². The van der Waals surface area contributed by atoms with Crippen LogP contribution in [0.4, 0.5) is 9.93 Å². The first kappa shape index (κ1) is 17.7. The van der Waals surface area contributed by atoms with Crippen molar-refractivity contribution in [2.75, 3.05) is 5.32 Å². The van der Waals surface area contributed by atoms with Crippen molar-refractivity contribution in [3.05, 3.63) is 72.9 Å². The molecular weight excluding hydrogens is 406 g/mol. The second kappa shape index (κ2) is 7.53. The predicted molar refractivity (Wildman–Crippen MR) is 113 cm³/mol. The smallest absolute Gasteiger partial charge is 0.410 e. The average Bonchev–Trinajstić information content (AvgIpc) is 3.32. The van der Waals surface area contributed by atoms with Crippen molar-refractivity contribution in [1.82, 2.24) is 19.6 Å². The van der Waals surface area contributed by atoms with Gasteiger partial charge in [-0.3, -0.25) is 9.72 Å². The fraction of sp³-hybridized carbons (Fsp3) is 0. The molecule has 1 amide bonds. The maximum absolute atomic E-state index is 12.1. The highest BCUT2D eigenvalue weighted by atomic mass is 32.2. The van der Waals surface area contributed by atoms with Crippen LogP contribution in [0.3, 0.4) is 0 Å². The number of rotatable bonds is 4. The standard InChI is InChI=1S/C20H13N5O2S2/c26-20(27-13-6-2-1-3-7-13)22-18-21-15-10-9-14(12-16(15)29-18)28-19-24-23-17-8-4-5-11-25(17)19/h1-12H,(H,21,22,26). The first-order valence-corrected chi connectivity index (χ1v) is 10.3. The van der Waals surface area contributed by atoms with Crippen LogP contribution in [0.1, 0.15) is 0 Å². The number of thiazole rings is 1. The van der Waals surface area contributed by atoms with Gasteiger partial charge in [0.25, 0.3) is 0 Å². The molecule has 0 saturated heterocycles. The molecule has 0 saturated carbocycles. The van der Waals surface area contributed by atoms with Gasteiger partial charge in [0.1, 0.15) is 5.75 Å². The summed E-state index contributed by atoms with van der Waals surface area (Å²) < 4.78 is 8.14. The van der Waals surface area contributed by atoms with E-state index in [0.29, 0.717) is 10.9 Å². The number of nitrogens with one attached hydrogen (secondary N) is 1. The van der Waals surface area contributed by atoms with Crippen molar-refractivity contribution >= 4 is 50.2 Å². The molecule has 142 valence electrons. The third-order valence-corrected chi connectivity index (χ3v) is 5.90. The third-order valence-electron chi connectivity index (χ3n) is 4.01. The average molecular weight is 419 g/mol. The molecule has 2 aromatic carbocycles. The van der Waals surface area contributed by atoms with E-state index in [1.54, 1.807) is 24.3 Å². The third kappa shape index (κ3) is 3.78. The summed E-state index contributed by atoms with van der Waals surface area (Å²) in [5.41, 5.74) is 1.61. The molecule has 0 radical (unpaired) electrons. The van der Waals surface area contributed by atoms with Crippen molar-refractivity contribution in [1.29, 1.82) is 0 Å². The molecule has 0 aliphatic carbocycles. The molecule has 5 rings (SSSR count). The van der Waals surface area contributed by atoms with Crippen molar-refractivity contribution in [2.24, 2.45) is 0 Å². The SMILES string of the molecule is O=C(Nc1nc2ccc(Sc3nnc4ccccn34)cc2s1)Oc1ccccc1. The molecule has 3 aromatic heterocycles. The summed E-state index contributed by atoms with van der Waals surface area (Å²) in [5, 5.41) is 12.4. The number of ether oxygens (including phenoxy) is 1. The highest BCUT2D eigenvalue weighted by molar-refractivity contribution is 7.99. The van der Waals surface area contributed by atoms with Gasteiger partial charge in [-0.1, -0.05) is 35.6 Å². The molecule has 0 aliphatic rings. The van der Waals surface area contributed by atoms with Gasteiger partial charge in [-0.25, -0.2) is 9.78 Å². The molecular formula is C20H13N5O2S2. The summed E-state index contributed by atoms with van der Waals surface area (Å²) in [6, 6.07) is 20.6. The van der Waals surface area contributed by atoms with Crippen molar-refractivity contribution in [3.8, 4) is 5.75 Å². The van der Waals surface area contributed by atoms with E-state index >= 15 is 0 Å². The summed E-state index contributed by atoms with van der Waals surface area (Å²) >= 11 is 2.91. The van der Waals surface area contributed by atoms with E-state index in [4.69, 9.17) is 4.74 Å². The number of fused-ring (bicyclic) bond motifs is 2. The fourth-order valence-electron chi connectivity index (χ4n) is 2.72. The van der Waals surface area contributed by atoms with Crippen LogP contribution in [0.15, 0.2) is 83.0 Å². The maximum atomic E-state index is 12.1. The van der Waals surface area contributed by atoms with Crippen LogP contribution in [0, 0.1) is 0 Å². The number of anilines is 1. The quantitative estimate of drug-likeness (QED) is 0.436. The van der Waals surface area contributed by atoms with E-state index in [2.05, 4.69) is 20.5 Å². The van der Waals surface area contributed by atoms with Gasteiger partial charge in [-0.2, -0.15) is 0 Å². The molecule has 0 spiro atoms. The van der Waals surface area contributed by atoms with E-state index < -0.39 is 6.09 Å². The molecule has 29 heavy (non-hydrogen) atoms. The van der Waals surface area contributed by atoms with Crippen LogP contribution >= 0.6 is 23.1 Å². The zero-order valence-electron chi connectivity index (χ0n) is 14.9. The zero-order chi connectivity index (χ0) is 19.6. The van der Waals surface area contributed by atoms with Gasteiger partial charge in [-0.15, -0.1) is 10.2 Å². The lowest BCUT2D eigenvalue weighted by molar-refractivity contribution is 0.215. The second-order valence-corrected chi connectivity index (χ2v) is 8.06. The Morgan fingerprint density at radius 3 is 2.79 bits per heavy atom. The number of hydrogen-bond acceptors (Lipinski definition) is 7. The van der Waals surface area contributed by atoms with Gasteiger partial charge in [0.2, 0.25) is 0 Å². The molecule has 7 nitrogen and oxygen atoms in total. The van der Waals surface area contributed by atoms with Crippen LogP contribution in [-0.4, -0.2) is 25.7 Å². The molecule has 0 unspecified atom stereocenters. The van der Waals surface area contributed by atoms with Gasteiger partial charge >= 0.3 is 6.09 Å². The molecule has 0 bridgehead atoms. The van der Waals surface area contributed by atoms with Crippen LogP contribution in [-0.2, 0) is 0 Å². The van der Waals surface area contributed by atoms with Crippen molar-refractivity contribution in [2.45, 2.75) is 10.1 Å². The number of nitrogens with zero attached hydrogens (tertiary/aromatic N) is 4. The first-order valence-electron chi connectivity index (χ1n) is 8.67. The van der Waals surface area contributed by atoms with Crippen molar-refractivity contribution < 1.29 is 9.53 Å². The van der Waals surface area contributed by atoms with E-state index in [-0.39, 0.29) is 0 Å². The lowest BCUT2D eigenvalue weighted by atomic mass is 10.3. The molecule has 0 atom stereocenters. The summed E-state index contributed by atoms with van der Waals surface area (Å²) in [5.74, 6) is 0.477. The molecule has 0 fully saturated rings. The topological polar surface area (TPSA) is 81.4 Å². The number of amides is 1. The summed E-state index contributed by atoms with van der Waals surface area (Å²) in [4.78, 5) is 17.5. The van der Waals surface area contributed by atoms with Gasteiger partial charge in [0.05, 0.1) is 10.2 Å². The lowest BCUT2D eigenvalue weighted by Gasteiger charge is -2.03. The monoisotopic (exact) mass is 419 g/mol. The zero-order valence-corrected chi connectivity index (χ0v) is 16.5. The largest absolute Gasteiger partial charge is 0.418 e. The number of carbonyl (C=O) groups is 1. The summed E-state index contributed by atoms with van der Waals surface area (Å²) in [6.45, 7) is 0. The number of aromatic nitrogens is 4. The maximum Gasteiger partial charge on any atom is 0.418 e. The highest BCUT2D eigenvalue weighted by Gasteiger charge is 2.12. The number of para-hydroxylation sites is 1.